The average Bonchev–Trinajstić information content (AvgIpc) is 2.69. The summed E-state index contributed by atoms with van der Waals surface area (Å²) in [6.45, 7) is 6.16. The number of anilines is 3. The lowest BCUT2D eigenvalue weighted by atomic mass is 10.2. The van der Waals surface area contributed by atoms with Crippen LogP contribution in [0.3, 0.4) is 0 Å². The summed E-state index contributed by atoms with van der Waals surface area (Å²) in [4.78, 5) is 21.5. The van der Waals surface area contributed by atoms with E-state index in [1.54, 1.807) is 20.1 Å². The second-order valence-electron chi connectivity index (χ2n) is 6.40. The topological polar surface area (TPSA) is 85.4 Å². The van der Waals surface area contributed by atoms with Crippen molar-refractivity contribution >= 4 is 23.1 Å². The van der Waals surface area contributed by atoms with Gasteiger partial charge in [0.1, 0.15) is 28.8 Å². The molecule has 1 amide bonds. The van der Waals surface area contributed by atoms with Crippen LogP contribution in [0, 0.1) is 13.8 Å². The zero-order chi connectivity index (χ0) is 20.8. The molecule has 2 aromatic carbocycles. The van der Waals surface area contributed by atoms with E-state index in [0.29, 0.717) is 35.4 Å². The number of amides is 1. The Morgan fingerprint density at radius 2 is 1.79 bits per heavy atom. The van der Waals surface area contributed by atoms with Crippen molar-refractivity contribution in [3.8, 4) is 11.5 Å². The first kappa shape index (κ1) is 20.1. The Balaban J connectivity index is 1.86. The van der Waals surface area contributed by atoms with Crippen LogP contribution in [0.5, 0.6) is 11.5 Å². The first-order valence-corrected chi connectivity index (χ1v) is 9.30. The molecule has 0 atom stereocenters. The molecule has 0 aliphatic carbocycles. The molecule has 0 saturated carbocycles. The Kier molecular flexibility index (Phi) is 6.29. The molecule has 7 heteroatoms. The van der Waals surface area contributed by atoms with Gasteiger partial charge in [-0.2, -0.15) is 0 Å². The van der Waals surface area contributed by atoms with Crippen molar-refractivity contribution in [3.63, 3.8) is 0 Å². The van der Waals surface area contributed by atoms with E-state index in [1.165, 1.54) is 0 Å². The first-order valence-electron chi connectivity index (χ1n) is 9.30. The highest BCUT2D eigenvalue weighted by Crippen LogP contribution is 2.28. The normalized spacial score (nSPS) is 10.3. The van der Waals surface area contributed by atoms with Crippen molar-refractivity contribution in [3.05, 3.63) is 65.6 Å². The number of aryl methyl sites for hydroxylation is 2. The van der Waals surface area contributed by atoms with Gasteiger partial charge in [0.15, 0.2) is 0 Å². The number of nitrogens with zero attached hydrogens (tertiary/aromatic N) is 2. The second kappa shape index (κ2) is 9.05. The summed E-state index contributed by atoms with van der Waals surface area (Å²) >= 11 is 0. The largest absolute Gasteiger partial charge is 0.495 e. The van der Waals surface area contributed by atoms with Gasteiger partial charge in [-0.25, -0.2) is 9.97 Å². The number of rotatable bonds is 7. The molecule has 0 fully saturated rings. The van der Waals surface area contributed by atoms with E-state index in [0.717, 1.165) is 11.3 Å². The number of hydrogen-bond acceptors (Lipinski definition) is 6. The Hall–Kier alpha value is -3.61. The van der Waals surface area contributed by atoms with Crippen LogP contribution in [0.4, 0.5) is 17.2 Å². The third-order valence-electron chi connectivity index (χ3n) is 4.12. The van der Waals surface area contributed by atoms with Crippen LogP contribution < -0.4 is 20.1 Å². The molecule has 29 heavy (non-hydrogen) atoms. The minimum Gasteiger partial charge on any atom is -0.495 e. The highest BCUT2D eigenvalue weighted by atomic mass is 16.5. The predicted octanol–water partition coefficient (Wildman–Crippen LogP) is 4.50. The molecule has 0 aliphatic rings. The maximum absolute atomic E-state index is 12.8. The summed E-state index contributed by atoms with van der Waals surface area (Å²) < 4.78 is 11.0. The van der Waals surface area contributed by atoms with Gasteiger partial charge >= 0.3 is 0 Å². The summed E-state index contributed by atoms with van der Waals surface area (Å²) in [6, 6.07) is 14.7. The molecule has 3 rings (SSSR count). The molecule has 0 unspecified atom stereocenters. The molecule has 0 saturated heterocycles. The van der Waals surface area contributed by atoms with Gasteiger partial charge in [0.25, 0.3) is 5.91 Å². The minimum absolute atomic E-state index is 0.248. The van der Waals surface area contributed by atoms with Gasteiger partial charge in [-0.15, -0.1) is 0 Å². The number of benzene rings is 2. The third-order valence-corrected chi connectivity index (χ3v) is 4.12. The molecule has 2 N–H and O–H groups in total. The molecular formula is C22H24N4O3. The lowest BCUT2D eigenvalue weighted by Gasteiger charge is -2.13. The molecule has 1 heterocycles. The van der Waals surface area contributed by atoms with Gasteiger partial charge in [-0.3, -0.25) is 4.79 Å². The van der Waals surface area contributed by atoms with E-state index < -0.39 is 0 Å². The van der Waals surface area contributed by atoms with Crippen molar-refractivity contribution in [2.24, 2.45) is 0 Å². The van der Waals surface area contributed by atoms with E-state index in [1.807, 2.05) is 56.3 Å². The van der Waals surface area contributed by atoms with Gasteiger partial charge in [0.2, 0.25) is 0 Å². The lowest BCUT2D eigenvalue weighted by molar-refractivity contribution is 0.102. The van der Waals surface area contributed by atoms with Crippen LogP contribution >= 0.6 is 0 Å². The summed E-state index contributed by atoms with van der Waals surface area (Å²) in [5.74, 6) is 1.93. The van der Waals surface area contributed by atoms with Crippen molar-refractivity contribution in [2.75, 3.05) is 24.4 Å². The van der Waals surface area contributed by atoms with Gasteiger partial charge in [-0.1, -0.05) is 18.2 Å². The minimum atomic E-state index is -0.347. The molecule has 7 nitrogen and oxygen atoms in total. The number of carbonyl (C=O) groups is 1. The highest BCUT2D eigenvalue weighted by Gasteiger charge is 2.14. The van der Waals surface area contributed by atoms with Crippen LogP contribution in [0.15, 0.2) is 48.5 Å². The summed E-state index contributed by atoms with van der Waals surface area (Å²) in [6.07, 6.45) is 0. The number of methoxy groups -OCH3 is 1. The fourth-order valence-corrected chi connectivity index (χ4v) is 2.84. The van der Waals surface area contributed by atoms with Crippen LogP contribution in [0.25, 0.3) is 0 Å². The Morgan fingerprint density at radius 1 is 1.00 bits per heavy atom. The number of nitrogens with one attached hydrogen (secondary N) is 2. The molecule has 0 spiro atoms. The molecule has 0 radical (unpaired) electrons. The lowest BCUT2D eigenvalue weighted by Crippen LogP contribution is -2.16. The van der Waals surface area contributed by atoms with Crippen LogP contribution in [-0.4, -0.2) is 29.6 Å². The Bertz CT molecular complexity index is 1020. The predicted molar refractivity (Wildman–Crippen MR) is 113 cm³/mol. The van der Waals surface area contributed by atoms with Crippen LogP contribution in [0.1, 0.15) is 28.8 Å². The standard InChI is InChI=1S/C22H24N4O3/c1-5-29-20-9-7-6-8-16(20)25-21-13-18(23-15(3)24-21)22(27)26-17-12-14(2)10-11-19(17)28-4/h6-13H,5H2,1-4H3,(H,26,27)(H,23,24,25). The third kappa shape index (κ3) is 5.01. The zero-order valence-electron chi connectivity index (χ0n) is 16.9. The fraction of sp³-hybridized carbons (Fsp3) is 0.227. The Labute approximate surface area is 170 Å². The van der Waals surface area contributed by atoms with E-state index in [4.69, 9.17) is 9.47 Å². The van der Waals surface area contributed by atoms with Crippen molar-refractivity contribution < 1.29 is 14.3 Å². The number of ether oxygens (including phenoxy) is 2. The molecule has 0 aliphatic heterocycles. The second-order valence-corrected chi connectivity index (χ2v) is 6.40. The quantitative estimate of drug-likeness (QED) is 0.616. The molecular weight excluding hydrogens is 368 g/mol. The van der Waals surface area contributed by atoms with Gasteiger partial charge in [-0.05, 0) is 50.6 Å². The van der Waals surface area contributed by atoms with Crippen molar-refractivity contribution in [1.82, 2.24) is 9.97 Å². The molecule has 150 valence electrons. The number of para-hydroxylation sites is 2. The fourth-order valence-electron chi connectivity index (χ4n) is 2.84. The highest BCUT2D eigenvalue weighted by molar-refractivity contribution is 6.04. The van der Waals surface area contributed by atoms with Gasteiger partial charge in [0.05, 0.1) is 25.1 Å². The van der Waals surface area contributed by atoms with E-state index in [9.17, 15) is 4.79 Å². The summed E-state index contributed by atoms with van der Waals surface area (Å²) in [5, 5.41) is 6.07. The molecule has 3 aromatic rings. The first-order chi connectivity index (χ1) is 14.0. The van der Waals surface area contributed by atoms with Crippen LogP contribution in [-0.2, 0) is 0 Å². The van der Waals surface area contributed by atoms with Crippen molar-refractivity contribution in [2.45, 2.75) is 20.8 Å². The maximum Gasteiger partial charge on any atom is 0.274 e. The van der Waals surface area contributed by atoms with E-state index in [2.05, 4.69) is 20.6 Å². The zero-order valence-corrected chi connectivity index (χ0v) is 16.9. The summed E-state index contributed by atoms with van der Waals surface area (Å²) in [5.41, 5.74) is 2.61. The van der Waals surface area contributed by atoms with Crippen molar-refractivity contribution in [1.29, 1.82) is 0 Å². The smallest absolute Gasteiger partial charge is 0.274 e. The Morgan fingerprint density at radius 3 is 2.55 bits per heavy atom. The maximum atomic E-state index is 12.8. The monoisotopic (exact) mass is 392 g/mol. The summed E-state index contributed by atoms with van der Waals surface area (Å²) in [7, 11) is 1.56. The number of hydrogen-bond donors (Lipinski definition) is 2. The average molecular weight is 392 g/mol. The van der Waals surface area contributed by atoms with E-state index in [-0.39, 0.29) is 11.6 Å². The molecule has 1 aromatic heterocycles. The van der Waals surface area contributed by atoms with Gasteiger partial charge in [0, 0.05) is 6.07 Å². The van der Waals surface area contributed by atoms with Gasteiger partial charge < -0.3 is 20.1 Å². The number of aromatic nitrogens is 2. The number of carbonyl (C=O) groups excluding carboxylic acids is 1. The SMILES string of the molecule is CCOc1ccccc1Nc1cc(C(=O)Nc2cc(C)ccc2OC)nc(C)n1. The van der Waals surface area contributed by atoms with E-state index >= 15 is 0 Å². The molecule has 0 bridgehead atoms. The van der Waals surface area contributed by atoms with Crippen LogP contribution in [0.2, 0.25) is 0 Å².